The first-order valence-electron chi connectivity index (χ1n) is 18.1. The molecule has 1 aromatic heterocycles. The predicted molar refractivity (Wildman–Crippen MR) is 196 cm³/mol. The molecule has 4 amide bonds. The summed E-state index contributed by atoms with van der Waals surface area (Å²) < 4.78 is 10.5. The maximum atomic E-state index is 14.1. The minimum atomic E-state index is -1.05. The SMILES string of the molecule is Cc1cc(CC(=O)N[C@@H](CCc2ccccc2)C(=O)N[C@@H](CC(C)C)C(=O)N[C@@H](Cc2ccccc2)C(=O)N[C@@H](CC(C)C)C(=O)[C@@]2(C)CO2)no1. The van der Waals surface area contributed by atoms with E-state index in [1.807, 2.05) is 88.4 Å². The Morgan fingerprint density at radius 3 is 1.81 bits per heavy atom. The lowest BCUT2D eigenvalue weighted by atomic mass is 9.93. The van der Waals surface area contributed by atoms with Crippen LogP contribution in [-0.2, 0) is 48.0 Å². The normalized spacial score (nSPS) is 17.5. The molecule has 52 heavy (non-hydrogen) atoms. The summed E-state index contributed by atoms with van der Waals surface area (Å²) in [6, 6.07) is 16.7. The van der Waals surface area contributed by atoms with Gasteiger partial charge < -0.3 is 30.5 Å². The standard InChI is InChI=1S/C40H53N5O7/c1-25(2)19-32(36(47)40(6)24-51-40)42-39(50)34(22-29-15-11-8-12-16-29)44-38(49)33(20-26(3)4)43-37(48)31(18-17-28-13-9-7-10-14-28)41-35(46)23-30-21-27(5)52-45-30/h7-16,21,25-26,31-34H,17-20,22-24H2,1-6H3,(H,41,46)(H,42,50)(H,43,48)(H,44,49)/t31-,32-,33-,34-,40+/m0/s1. The Balaban J connectivity index is 1.53. The Hall–Kier alpha value is -4.84. The molecule has 0 radical (unpaired) electrons. The van der Waals surface area contributed by atoms with Gasteiger partial charge in [0.25, 0.3) is 0 Å². The van der Waals surface area contributed by atoms with E-state index in [1.54, 1.807) is 19.9 Å². The molecular weight excluding hydrogens is 662 g/mol. The summed E-state index contributed by atoms with van der Waals surface area (Å²) in [7, 11) is 0. The third-order valence-electron chi connectivity index (χ3n) is 8.93. The number of nitrogens with zero attached hydrogens (tertiary/aromatic N) is 1. The largest absolute Gasteiger partial charge is 0.361 e. The number of aromatic nitrogens is 1. The van der Waals surface area contributed by atoms with E-state index >= 15 is 0 Å². The van der Waals surface area contributed by atoms with Crippen molar-refractivity contribution in [1.82, 2.24) is 26.4 Å². The number of ketones is 1. The molecular formula is C40H53N5O7. The summed E-state index contributed by atoms with van der Waals surface area (Å²) in [4.78, 5) is 68.3. The first kappa shape index (κ1) is 39.9. The zero-order valence-electron chi connectivity index (χ0n) is 31.1. The molecule has 2 heterocycles. The van der Waals surface area contributed by atoms with Crippen molar-refractivity contribution in [2.45, 2.75) is 110 Å². The van der Waals surface area contributed by atoms with Crippen molar-refractivity contribution in [3.05, 3.63) is 89.3 Å². The molecule has 0 aliphatic carbocycles. The van der Waals surface area contributed by atoms with Gasteiger partial charge in [-0.1, -0.05) is 93.5 Å². The minimum absolute atomic E-state index is 0.00227. The van der Waals surface area contributed by atoms with Gasteiger partial charge in [0, 0.05) is 12.5 Å². The third kappa shape index (κ3) is 12.4. The first-order chi connectivity index (χ1) is 24.7. The quantitative estimate of drug-likeness (QED) is 0.128. The smallest absolute Gasteiger partial charge is 0.243 e. The van der Waals surface area contributed by atoms with Crippen LogP contribution in [0.15, 0.2) is 71.3 Å². The van der Waals surface area contributed by atoms with Gasteiger partial charge in [-0.3, -0.25) is 24.0 Å². The summed E-state index contributed by atoms with van der Waals surface area (Å²) >= 11 is 0. The number of hydrogen-bond donors (Lipinski definition) is 4. The van der Waals surface area contributed by atoms with Gasteiger partial charge in [-0.2, -0.15) is 0 Å². The zero-order valence-corrected chi connectivity index (χ0v) is 31.1. The average Bonchev–Trinajstić information content (AvgIpc) is 3.73. The Bertz CT molecular complexity index is 1650. The number of ether oxygens (including phenoxy) is 1. The van der Waals surface area contributed by atoms with E-state index in [1.165, 1.54) is 0 Å². The number of rotatable bonds is 20. The summed E-state index contributed by atoms with van der Waals surface area (Å²) in [5.74, 6) is -1.52. The molecule has 3 aromatic rings. The molecule has 1 aliphatic rings. The maximum absolute atomic E-state index is 14.1. The lowest BCUT2D eigenvalue weighted by molar-refractivity contribution is -0.135. The van der Waals surface area contributed by atoms with Crippen LogP contribution in [0.25, 0.3) is 0 Å². The van der Waals surface area contributed by atoms with Crippen molar-refractivity contribution < 1.29 is 33.2 Å². The molecule has 5 atom stereocenters. The second-order valence-corrected chi connectivity index (χ2v) is 14.8. The second-order valence-electron chi connectivity index (χ2n) is 14.8. The monoisotopic (exact) mass is 715 g/mol. The van der Waals surface area contributed by atoms with E-state index in [-0.39, 0.29) is 43.3 Å². The van der Waals surface area contributed by atoms with Crippen molar-refractivity contribution in [2.24, 2.45) is 11.8 Å². The summed E-state index contributed by atoms with van der Waals surface area (Å²) in [5, 5.41) is 15.4. The van der Waals surface area contributed by atoms with Crippen molar-refractivity contribution in [3.63, 3.8) is 0 Å². The topological polar surface area (TPSA) is 172 Å². The van der Waals surface area contributed by atoms with E-state index in [0.717, 1.165) is 11.1 Å². The van der Waals surface area contributed by atoms with Gasteiger partial charge in [0.2, 0.25) is 23.6 Å². The number of amides is 4. The maximum Gasteiger partial charge on any atom is 0.243 e. The lowest BCUT2D eigenvalue weighted by Crippen LogP contribution is -2.59. The van der Waals surface area contributed by atoms with E-state index < -0.39 is 53.4 Å². The highest BCUT2D eigenvalue weighted by Gasteiger charge is 2.50. The number of hydrogen-bond acceptors (Lipinski definition) is 8. The van der Waals surface area contributed by atoms with Gasteiger partial charge >= 0.3 is 0 Å². The van der Waals surface area contributed by atoms with Crippen LogP contribution >= 0.6 is 0 Å². The van der Waals surface area contributed by atoms with Crippen molar-refractivity contribution in [1.29, 1.82) is 0 Å². The fourth-order valence-corrected chi connectivity index (χ4v) is 6.04. The molecule has 1 aliphatic heterocycles. The molecule has 1 fully saturated rings. The second kappa shape index (κ2) is 18.6. The fraction of sp³-hybridized carbons (Fsp3) is 0.500. The van der Waals surface area contributed by atoms with Crippen LogP contribution in [0.3, 0.4) is 0 Å². The van der Waals surface area contributed by atoms with Crippen LogP contribution in [0.2, 0.25) is 0 Å². The molecule has 4 rings (SSSR count). The minimum Gasteiger partial charge on any atom is -0.361 e. The van der Waals surface area contributed by atoms with Gasteiger partial charge in [0.05, 0.1) is 24.8 Å². The summed E-state index contributed by atoms with van der Waals surface area (Å²) in [6.07, 6.45) is 1.55. The Morgan fingerprint density at radius 1 is 0.731 bits per heavy atom. The van der Waals surface area contributed by atoms with Crippen LogP contribution in [0.5, 0.6) is 0 Å². The number of carbonyl (C=O) groups excluding carboxylic acids is 5. The van der Waals surface area contributed by atoms with E-state index in [0.29, 0.717) is 30.9 Å². The Morgan fingerprint density at radius 2 is 1.25 bits per heavy atom. The number of epoxide rings is 1. The predicted octanol–water partition coefficient (Wildman–Crippen LogP) is 3.79. The molecule has 2 aromatic carbocycles. The van der Waals surface area contributed by atoms with Gasteiger partial charge in [-0.15, -0.1) is 0 Å². The Kier molecular flexibility index (Phi) is 14.3. The summed E-state index contributed by atoms with van der Waals surface area (Å²) in [5.41, 5.74) is 1.30. The third-order valence-corrected chi connectivity index (χ3v) is 8.93. The number of nitrogens with one attached hydrogen (secondary N) is 4. The number of benzene rings is 2. The van der Waals surface area contributed by atoms with Crippen molar-refractivity contribution >= 4 is 29.4 Å². The highest BCUT2D eigenvalue weighted by atomic mass is 16.6. The lowest BCUT2D eigenvalue weighted by Gasteiger charge is -2.28. The molecule has 0 saturated carbocycles. The fourth-order valence-electron chi connectivity index (χ4n) is 6.04. The molecule has 4 N–H and O–H groups in total. The molecule has 12 nitrogen and oxygen atoms in total. The van der Waals surface area contributed by atoms with Crippen LogP contribution in [-0.4, -0.2) is 70.9 Å². The molecule has 0 unspecified atom stereocenters. The van der Waals surface area contributed by atoms with Crippen LogP contribution < -0.4 is 21.3 Å². The molecule has 1 saturated heterocycles. The highest BCUT2D eigenvalue weighted by Crippen LogP contribution is 2.29. The highest BCUT2D eigenvalue weighted by molar-refractivity contribution is 5.98. The van der Waals surface area contributed by atoms with E-state index in [4.69, 9.17) is 9.26 Å². The van der Waals surface area contributed by atoms with Gasteiger partial charge in [0.15, 0.2) is 5.78 Å². The van der Waals surface area contributed by atoms with Crippen molar-refractivity contribution in [2.75, 3.05) is 6.61 Å². The number of Topliss-reactive ketones (excluding diaryl/α,β-unsaturated/α-hetero) is 1. The number of carbonyl (C=O) groups is 5. The van der Waals surface area contributed by atoms with E-state index in [2.05, 4.69) is 26.4 Å². The molecule has 12 heteroatoms. The van der Waals surface area contributed by atoms with Crippen LogP contribution in [0.1, 0.15) is 76.5 Å². The molecule has 0 bridgehead atoms. The molecule has 280 valence electrons. The number of aryl methyl sites for hydroxylation is 2. The van der Waals surface area contributed by atoms with Crippen LogP contribution in [0.4, 0.5) is 0 Å². The Labute approximate surface area is 306 Å². The van der Waals surface area contributed by atoms with Gasteiger partial charge in [-0.05, 0) is 62.5 Å². The van der Waals surface area contributed by atoms with Gasteiger partial charge in [-0.25, -0.2) is 0 Å². The van der Waals surface area contributed by atoms with Crippen LogP contribution in [0, 0.1) is 18.8 Å². The van der Waals surface area contributed by atoms with Crippen molar-refractivity contribution in [3.8, 4) is 0 Å². The van der Waals surface area contributed by atoms with E-state index in [9.17, 15) is 24.0 Å². The average molecular weight is 716 g/mol. The first-order valence-corrected chi connectivity index (χ1v) is 18.1. The summed E-state index contributed by atoms with van der Waals surface area (Å²) in [6.45, 7) is 11.5. The molecule has 0 spiro atoms. The zero-order chi connectivity index (χ0) is 37.8. The van der Waals surface area contributed by atoms with Gasteiger partial charge in [0.1, 0.15) is 29.5 Å².